The van der Waals surface area contributed by atoms with Gasteiger partial charge in [0.2, 0.25) is 0 Å². The minimum Gasteiger partial charge on any atom is -0.490 e. The zero-order valence-electron chi connectivity index (χ0n) is 17.4. The van der Waals surface area contributed by atoms with E-state index in [2.05, 4.69) is 19.2 Å². The molecule has 0 bridgehead atoms. The first kappa shape index (κ1) is 22.5. The number of thiocarbonyl (C=S) groups is 1. The van der Waals surface area contributed by atoms with Crippen molar-refractivity contribution in [1.82, 2.24) is 10.2 Å². The van der Waals surface area contributed by atoms with E-state index in [1.54, 1.807) is 6.92 Å². The zero-order valence-corrected chi connectivity index (χ0v) is 19.0. The Morgan fingerprint density at radius 1 is 1.32 bits per heavy atom. The molecule has 1 aliphatic heterocycles. The molecule has 5 nitrogen and oxygen atoms in total. The van der Waals surface area contributed by atoms with Gasteiger partial charge in [-0.05, 0) is 63.5 Å². The second kappa shape index (κ2) is 9.61. The zero-order chi connectivity index (χ0) is 21.0. The minimum absolute atomic E-state index is 0.00910. The third-order valence-corrected chi connectivity index (χ3v) is 5.14. The van der Waals surface area contributed by atoms with Gasteiger partial charge in [0, 0.05) is 17.8 Å². The third kappa shape index (κ3) is 4.78. The van der Waals surface area contributed by atoms with E-state index in [4.69, 9.17) is 33.3 Å². The van der Waals surface area contributed by atoms with Crippen LogP contribution in [0.5, 0.6) is 11.5 Å². The molecule has 1 aliphatic rings. The summed E-state index contributed by atoms with van der Waals surface area (Å²) in [4.78, 5) is 14.4. The van der Waals surface area contributed by atoms with Crippen LogP contribution in [0.25, 0.3) is 0 Å². The van der Waals surface area contributed by atoms with Crippen LogP contribution in [0.4, 0.5) is 0 Å². The van der Waals surface area contributed by atoms with E-state index >= 15 is 0 Å². The molecule has 0 amide bonds. The number of rotatable bonds is 8. The molecule has 0 aliphatic carbocycles. The van der Waals surface area contributed by atoms with Crippen LogP contribution >= 0.6 is 23.8 Å². The summed E-state index contributed by atoms with van der Waals surface area (Å²) < 4.78 is 11.7. The maximum atomic E-state index is 12.4. The van der Waals surface area contributed by atoms with Gasteiger partial charge in [-0.25, -0.2) is 0 Å². The van der Waals surface area contributed by atoms with Crippen LogP contribution < -0.4 is 14.8 Å². The van der Waals surface area contributed by atoms with Crippen LogP contribution in [-0.2, 0) is 4.79 Å². The molecule has 0 spiro atoms. The predicted molar refractivity (Wildman–Crippen MR) is 117 cm³/mol. The van der Waals surface area contributed by atoms with Crippen molar-refractivity contribution < 1.29 is 14.3 Å². The standard InChI is InChI=1S/C21H29ClN2O3S/c1-7-24-13(5)18(14(6)25)19(23-21(24)28)15-9-16(22)20(27-11-12(3)4)17(10-15)26-8-2/h9-10,12,19H,7-8,11H2,1-6H3,(H,23,28). The van der Waals surface area contributed by atoms with Crippen LogP contribution in [0.2, 0.25) is 5.02 Å². The highest BCUT2D eigenvalue weighted by Gasteiger charge is 2.32. The SMILES string of the molecule is CCOc1cc(C2NC(=S)N(CC)C(C)=C2C(C)=O)cc(Cl)c1OCC(C)C. The molecule has 7 heteroatoms. The molecule has 1 aromatic rings. The number of ketones is 1. The van der Waals surface area contributed by atoms with Gasteiger partial charge in [0.05, 0.1) is 24.3 Å². The van der Waals surface area contributed by atoms with Crippen LogP contribution in [0.3, 0.4) is 0 Å². The summed E-state index contributed by atoms with van der Waals surface area (Å²) in [6.45, 7) is 13.2. The molecule has 0 fully saturated rings. The predicted octanol–water partition coefficient (Wildman–Crippen LogP) is 4.89. The number of benzene rings is 1. The lowest BCUT2D eigenvalue weighted by Gasteiger charge is -2.37. The number of nitrogens with one attached hydrogen (secondary N) is 1. The lowest BCUT2D eigenvalue weighted by atomic mass is 9.92. The second-order valence-corrected chi connectivity index (χ2v) is 7.94. The summed E-state index contributed by atoms with van der Waals surface area (Å²) in [7, 11) is 0. The van der Waals surface area contributed by atoms with E-state index in [1.165, 1.54) is 0 Å². The monoisotopic (exact) mass is 424 g/mol. The molecule has 154 valence electrons. The van der Waals surface area contributed by atoms with Gasteiger partial charge in [-0.15, -0.1) is 0 Å². The normalized spacial score (nSPS) is 17.1. The number of carbonyl (C=O) groups is 1. The first-order chi connectivity index (χ1) is 13.2. The van der Waals surface area contributed by atoms with Gasteiger partial charge in [-0.2, -0.15) is 0 Å². The average molecular weight is 425 g/mol. The Bertz CT molecular complexity index is 792. The smallest absolute Gasteiger partial charge is 0.179 e. The van der Waals surface area contributed by atoms with Crippen LogP contribution in [0.1, 0.15) is 53.1 Å². The van der Waals surface area contributed by atoms with E-state index in [1.807, 2.05) is 37.8 Å². The Balaban J connectivity index is 2.55. The Morgan fingerprint density at radius 3 is 2.54 bits per heavy atom. The van der Waals surface area contributed by atoms with Gasteiger partial charge in [0.25, 0.3) is 0 Å². The summed E-state index contributed by atoms with van der Waals surface area (Å²) >= 11 is 12.1. The van der Waals surface area contributed by atoms with Crippen molar-refractivity contribution in [3.05, 3.63) is 34.0 Å². The molecule has 1 aromatic carbocycles. The average Bonchev–Trinajstić information content (AvgIpc) is 2.60. The van der Waals surface area contributed by atoms with Crippen LogP contribution in [-0.4, -0.2) is 35.6 Å². The van der Waals surface area contributed by atoms with E-state index < -0.39 is 0 Å². The van der Waals surface area contributed by atoms with E-state index in [0.717, 1.165) is 11.3 Å². The van der Waals surface area contributed by atoms with Crippen molar-refractivity contribution in [1.29, 1.82) is 0 Å². The first-order valence-corrected chi connectivity index (χ1v) is 10.4. The van der Waals surface area contributed by atoms with Gasteiger partial charge in [-0.1, -0.05) is 25.4 Å². The molecular weight excluding hydrogens is 396 g/mol. The number of allylic oxidation sites excluding steroid dienone is 1. The van der Waals surface area contributed by atoms with Gasteiger partial charge in [0.15, 0.2) is 22.4 Å². The van der Waals surface area contributed by atoms with Crippen molar-refractivity contribution in [3.8, 4) is 11.5 Å². The quantitative estimate of drug-likeness (QED) is 0.600. The first-order valence-electron chi connectivity index (χ1n) is 9.59. The molecule has 0 saturated heterocycles. The molecule has 0 radical (unpaired) electrons. The number of Topliss-reactive ketones (excluding diaryl/α,β-unsaturated/α-hetero) is 1. The Morgan fingerprint density at radius 2 is 2.00 bits per heavy atom. The van der Waals surface area contributed by atoms with E-state index in [-0.39, 0.29) is 11.8 Å². The van der Waals surface area contributed by atoms with E-state index in [9.17, 15) is 4.79 Å². The highest BCUT2D eigenvalue weighted by Crippen LogP contribution is 2.41. The minimum atomic E-state index is -0.386. The Kier molecular flexibility index (Phi) is 7.72. The molecule has 2 rings (SSSR count). The maximum absolute atomic E-state index is 12.4. The van der Waals surface area contributed by atoms with Crippen molar-refractivity contribution in [2.75, 3.05) is 19.8 Å². The summed E-state index contributed by atoms with van der Waals surface area (Å²) in [5.74, 6) is 1.44. The van der Waals surface area contributed by atoms with Crippen LogP contribution in [0, 0.1) is 5.92 Å². The molecule has 0 aromatic heterocycles. The van der Waals surface area contributed by atoms with Gasteiger partial charge < -0.3 is 19.7 Å². The molecule has 1 heterocycles. The highest BCUT2D eigenvalue weighted by atomic mass is 35.5. The van der Waals surface area contributed by atoms with Crippen molar-refractivity contribution >= 4 is 34.7 Å². The fourth-order valence-corrected chi connectivity index (χ4v) is 3.93. The lowest BCUT2D eigenvalue weighted by Crippen LogP contribution is -2.47. The topological polar surface area (TPSA) is 50.8 Å². The van der Waals surface area contributed by atoms with Crippen molar-refractivity contribution in [2.45, 2.75) is 47.6 Å². The Hall–Kier alpha value is -1.79. The summed E-state index contributed by atoms with van der Waals surface area (Å²) in [6, 6.07) is 3.31. The lowest BCUT2D eigenvalue weighted by molar-refractivity contribution is -0.114. The number of nitrogens with zero attached hydrogens (tertiary/aromatic N) is 1. The van der Waals surface area contributed by atoms with Gasteiger partial charge in [0.1, 0.15) is 0 Å². The number of hydrogen-bond donors (Lipinski definition) is 1. The molecule has 1 atom stereocenters. The summed E-state index contributed by atoms with van der Waals surface area (Å²) in [6.07, 6.45) is 0. The molecular formula is C21H29ClN2O3S. The summed E-state index contributed by atoms with van der Waals surface area (Å²) in [5, 5.41) is 4.32. The molecule has 0 saturated carbocycles. The van der Waals surface area contributed by atoms with Crippen LogP contribution in [0.15, 0.2) is 23.4 Å². The fourth-order valence-electron chi connectivity index (χ4n) is 3.28. The van der Waals surface area contributed by atoms with Gasteiger partial charge >= 0.3 is 0 Å². The largest absolute Gasteiger partial charge is 0.490 e. The van der Waals surface area contributed by atoms with Crippen molar-refractivity contribution in [3.63, 3.8) is 0 Å². The molecule has 1 N–H and O–H groups in total. The number of carbonyl (C=O) groups excluding carboxylic acids is 1. The van der Waals surface area contributed by atoms with Gasteiger partial charge in [-0.3, -0.25) is 4.79 Å². The third-order valence-electron chi connectivity index (χ3n) is 4.52. The highest BCUT2D eigenvalue weighted by molar-refractivity contribution is 7.80. The fraction of sp³-hybridized carbons (Fsp3) is 0.524. The molecule has 1 unspecified atom stereocenters. The van der Waals surface area contributed by atoms with E-state index in [0.29, 0.717) is 52.9 Å². The van der Waals surface area contributed by atoms with Crippen molar-refractivity contribution in [2.24, 2.45) is 5.92 Å². The number of halogens is 1. The number of hydrogen-bond acceptors (Lipinski definition) is 4. The second-order valence-electron chi connectivity index (χ2n) is 7.15. The molecule has 28 heavy (non-hydrogen) atoms. The maximum Gasteiger partial charge on any atom is 0.179 e. The number of ether oxygens (including phenoxy) is 2. The Labute approximate surface area is 178 Å². The summed E-state index contributed by atoms with van der Waals surface area (Å²) in [5.41, 5.74) is 2.34.